The second-order valence-electron chi connectivity index (χ2n) is 6.95. The summed E-state index contributed by atoms with van der Waals surface area (Å²) in [7, 11) is 0. The van der Waals surface area contributed by atoms with Crippen LogP contribution in [0, 0.1) is 12.7 Å². The summed E-state index contributed by atoms with van der Waals surface area (Å²) in [6.07, 6.45) is 5.53. The first-order valence-electron chi connectivity index (χ1n) is 8.92. The number of rotatable bonds is 4. The number of nitrogens with two attached hydrogens (primary N) is 1. The average Bonchev–Trinajstić information content (AvgIpc) is 3.04. The first-order valence-corrected chi connectivity index (χ1v) is 8.92. The molecule has 1 fully saturated rings. The Hall–Kier alpha value is -2.51. The van der Waals surface area contributed by atoms with E-state index in [1.807, 2.05) is 10.7 Å². The van der Waals surface area contributed by atoms with Gasteiger partial charge in [-0.1, -0.05) is 0 Å². The lowest BCUT2D eigenvalue weighted by Gasteiger charge is -2.29. The van der Waals surface area contributed by atoms with Crippen molar-refractivity contribution in [3.8, 4) is 0 Å². The van der Waals surface area contributed by atoms with E-state index in [0.717, 1.165) is 49.5 Å². The van der Waals surface area contributed by atoms with E-state index >= 15 is 0 Å². The number of anilines is 2. The van der Waals surface area contributed by atoms with Crippen LogP contribution in [-0.2, 0) is 6.54 Å². The van der Waals surface area contributed by atoms with Gasteiger partial charge >= 0.3 is 0 Å². The van der Waals surface area contributed by atoms with Crippen LogP contribution in [-0.4, -0.2) is 38.6 Å². The Balaban J connectivity index is 1.62. The molecule has 6 nitrogen and oxygen atoms in total. The van der Waals surface area contributed by atoms with E-state index in [1.54, 1.807) is 19.1 Å². The molecule has 3 N–H and O–H groups in total. The summed E-state index contributed by atoms with van der Waals surface area (Å²) in [6.45, 7) is 4.60. The van der Waals surface area contributed by atoms with E-state index in [9.17, 15) is 4.39 Å². The molecule has 26 heavy (non-hydrogen) atoms. The van der Waals surface area contributed by atoms with E-state index in [-0.39, 0.29) is 5.82 Å². The van der Waals surface area contributed by atoms with E-state index < -0.39 is 0 Å². The van der Waals surface area contributed by atoms with E-state index in [4.69, 9.17) is 5.73 Å². The maximum absolute atomic E-state index is 13.5. The molecule has 0 saturated carbocycles. The summed E-state index contributed by atoms with van der Waals surface area (Å²) >= 11 is 0. The van der Waals surface area contributed by atoms with Gasteiger partial charge in [0.1, 0.15) is 17.7 Å². The van der Waals surface area contributed by atoms with Crippen LogP contribution in [0.1, 0.15) is 24.0 Å². The van der Waals surface area contributed by atoms with Crippen molar-refractivity contribution < 1.29 is 4.39 Å². The molecule has 136 valence electrons. The standard InChI is InChI=1S/C19H23FN6/c1-13-10-16(2-3-17(13)20)24-19-18-14(4-9-26(18)23-12-22-19)11-25-7-5-15(21)6-8-25/h2-4,9-10,12,15H,5-8,11,21H2,1H3,(H,22,23,24). The van der Waals surface area contributed by atoms with Gasteiger partial charge in [0, 0.05) is 24.5 Å². The van der Waals surface area contributed by atoms with Gasteiger partial charge in [-0.2, -0.15) is 5.10 Å². The number of benzene rings is 1. The molecule has 3 heterocycles. The van der Waals surface area contributed by atoms with Gasteiger partial charge in [-0.05, 0) is 68.2 Å². The normalized spacial score (nSPS) is 16.3. The zero-order chi connectivity index (χ0) is 18.1. The highest BCUT2D eigenvalue weighted by molar-refractivity contribution is 5.76. The molecule has 2 aromatic heterocycles. The van der Waals surface area contributed by atoms with E-state index in [2.05, 4.69) is 26.4 Å². The topological polar surface area (TPSA) is 71.5 Å². The van der Waals surface area contributed by atoms with E-state index in [1.165, 1.54) is 18.0 Å². The highest BCUT2D eigenvalue weighted by Gasteiger charge is 2.18. The second kappa shape index (κ2) is 7.01. The molecule has 1 aliphatic heterocycles. The highest BCUT2D eigenvalue weighted by Crippen LogP contribution is 2.25. The van der Waals surface area contributed by atoms with Crippen LogP contribution in [0.5, 0.6) is 0 Å². The smallest absolute Gasteiger partial charge is 0.158 e. The molecular formula is C19H23FN6. The molecule has 1 aromatic carbocycles. The van der Waals surface area contributed by atoms with Crippen LogP contribution < -0.4 is 11.1 Å². The summed E-state index contributed by atoms with van der Waals surface area (Å²) in [5, 5.41) is 7.62. The fraction of sp³-hybridized carbons (Fsp3) is 0.368. The zero-order valence-electron chi connectivity index (χ0n) is 14.8. The summed E-state index contributed by atoms with van der Waals surface area (Å²) in [6, 6.07) is 7.36. The first kappa shape index (κ1) is 16.9. The Morgan fingerprint density at radius 1 is 1.27 bits per heavy atom. The van der Waals surface area contributed by atoms with Gasteiger partial charge in [0.15, 0.2) is 5.82 Å². The van der Waals surface area contributed by atoms with Crippen LogP contribution in [0.4, 0.5) is 15.9 Å². The number of piperidine rings is 1. The van der Waals surface area contributed by atoms with Crippen molar-refractivity contribution in [2.45, 2.75) is 32.4 Å². The van der Waals surface area contributed by atoms with Crippen molar-refractivity contribution in [2.24, 2.45) is 5.73 Å². The molecule has 4 rings (SSSR count). The monoisotopic (exact) mass is 354 g/mol. The maximum Gasteiger partial charge on any atom is 0.158 e. The predicted octanol–water partition coefficient (Wildman–Crippen LogP) is 2.84. The first-order chi connectivity index (χ1) is 12.6. The van der Waals surface area contributed by atoms with Gasteiger partial charge in [-0.3, -0.25) is 4.90 Å². The summed E-state index contributed by atoms with van der Waals surface area (Å²) in [5.74, 6) is 0.509. The number of aromatic nitrogens is 3. The SMILES string of the molecule is Cc1cc(Nc2ncnn3ccc(CN4CCC(N)CC4)c23)ccc1F. The number of halogens is 1. The van der Waals surface area contributed by atoms with Crippen LogP contribution in [0.25, 0.3) is 5.52 Å². The second-order valence-corrected chi connectivity index (χ2v) is 6.95. The molecule has 7 heteroatoms. The maximum atomic E-state index is 13.5. The Morgan fingerprint density at radius 2 is 2.08 bits per heavy atom. The third kappa shape index (κ3) is 3.40. The fourth-order valence-electron chi connectivity index (χ4n) is 3.45. The van der Waals surface area contributed by atoms with Gasteiger partial charge in [-0.15, -0.1) is 0 Å². The van der Waals surface area contributed by atoms with Gasteiger partial charge < -0.3 is 11.1 Å². The molecule has 0 spiro atoms. The lowest BCUT2D eigenvalue weighted by molar-refractivity contribution is 0.206. The highest BCUT2D eigenvalue weighted by atomic mass is 19.1. The van der Waals surface area contributed by atoms with Crippen LogP contribution >= 0.6 is 0 Å². The quantitative estimate of drug-likeness (QED) is 0.754. The molecule has 1 saturated heterocycles. The molecule has 0 amide bonds. The minimum absolute atomic E-state index is 0.213. The van der Waals surface area contributed by atoms with Gasteiger partial charge in [-0.25, -0.2) is 13.9 Å². The van der Waals surface area contributed by atoms with Crippen molar-refractivity contribution in [3.63, 3.8) is 0 Å². The third-order valence-corrected chi connectivity index (χ3v) is 4.98. The Kier molecular flexibility index (Phi) is 4.57. The summed E-state index contributed by atoms with van der Waals surface area (Å²) in [5.41, 5.74) is 9.53. The van der Waals surface area contributed by atoms with Gasteiger partial charge in [0.2, 0.25) is 0 Å². The number of likely N-dealkylation sites (tertiary alicyclic amines) is 1. The molecule has 3 aromatic rings. The Labute approximate surface area is 151 Å². The fourth-order valence-corrected chi connectivity index (χ4v) is 3.45. The molecular weight excluding hydrogens is 331 g/mol. The van der Waals surface area contributed by atoms with Gasteiger partial charge in [0.25, 0.3) is 0 Å². The minimum atomic E-state index is -0.213. The van der Waals surface area contributed by atoms with Gasteiger partial charge in [0.05, 0.1) is 0 Å². The number of nitrogens with one attached hydrogen (secondary N) is 1. The Bertz CT molecular complexity index is 914. The summed E-state index contributed by atoms with van der Waals surface area (Å²) in [4.78, 5) is 6.83. The van der Waals surface area contributed by atoms with Crippen molar-refractivity contribution in [1.29, 1.82) is 0 Å². The third-order valence-electron chi connectivity index (χ3n) is 4.98. The number of hydrogen-bond acceptors (Lipinski definition) is 5. The van der Waals surface area contributed by atoms with Crippen LogP contribution in [0.2, 0.25) is 0 Å². The molecule has 0 radical (unpaired) electrons. The molecule has 1 aliphatic rings. The molecule has 0 atom stereocenters. The van der Waals surface area contributed by atoms with E-state index in [0.29, 0.717) is 11.6 Å². The van der Waals surface area contributed by atoms with Crippen molar-refractivity contribution in [3.05, 3.63) is 53.7 Å². The van der Waals surface area contributed by atoms with Crippen molar-refractivity contribution in [1.82, 2.24) is 19.5 Å². The minimum Gasteiger partial charge on any atom is -0.338 e. The zero-order valence-corrected chi connectivity index (χ0v) is 14.8. The van der Waals surface area contributed by atoms with Crippen molar-refractivity contribution >= 4 is 17.0 Å². The largest absolute Gasteiger partial charge is 0.338 e. The molecule has 0 bridgehead atoms. The number of hydrogen-bond donors (Lipinski definition) is 2. The molecule has 0 aliphatic carbocycles. The lowest BCUT2D eigenvalue weighted by atomic mass is 10.1. The number of fused-ring (bicyclic) bond motifs is 1. The Morgan fingerprint density at radius 3 is 2.85 bits per heavy atom. The van der Waals surface area contributed by atoms with Crippen LogP contribution in [0.3, 0.4) is 0 Å². The lowest BCUT2D eigenvalue weighted by Crippen LogP contribution is -2.39. The number of aryl methyl sites for hydroxylation is 1. The average molecular weight is 354 g/mol. The number of nitrogens with zero attached hydrogens (tertiary/aromatic N) is 4. The predicted molar refractivity (Wildman–Crippen MR) is 99.9 cm³/mol. The summed E-state index contributed by atoms with van der Waals surface area (Å²) < 4.78 is 15.4. The van der Waals surface area contributed by atoms with Crippen LogP contribution in [0.15, 0.2) is 36.8 Å². The molecule has 0 unspecified atom stereocenters. The van der Waals surface area contributed by atoms with Crippen molar-refractivity contribution in [2.75, 3.05) is 18.4 Å².